The molecule has 0 saturated carbocycles. The van der Waals surface area contributed by atoms with Gasteiger partial charge in [-0.2, -0.15) is 39.5 Å². The van der Waals surface area contributed by atoms with Crippen LogP contribution in [-0.4, -0.2) is 0 Å². The minimum atomic E-state index is -5.03. The normalized spacial score (nSPS) is 13.3. The van der Waals surface area contributed by atoms with Gasteiger partial charge in [0.15, 0.2) is 0 Å². The first-order chi connectivity index (χ1) is 15.7. The van der Waals surface area contributed by atoms with Crippen LogP contribution in [0.5, 0.6) is 0 Å². The van der Waals surface area contributed by atoms with Gasteiger partial charge in [-0.15, -0.1) is 0 Å². The van der Waals surface area contributed by atoms with Gasteiger partial charge in [-0.3, -0.25) is 0 Å². The van der Waals surface area contributed by atoms with Crippen LogP contribution in [0, 0.1) is 6.92 Å². The van der Waals surface area contributed by atoms with E-state index in [0.29, 0.717) is 23.3 Å². The summed E-state index contributed by atoms with van der Waals surface area (Å²) in [6.07, 6.45) is -14.7. The Bertz CT molecular complexity index is 1210. The molecule has 3 aromatic carbocycles. The van der Waals surface area contributed by atoms with E-state index in [1.807, 2.05) is 0 Å². The van der Waals surface area contributed by atoms with Gasteiger partial charge in [0.25, 0.3) is 0 Å². The van der Waals surface area contributed by atoms with Crippen molar-refractivity contribution in [1.82, 2.24) is 0 Å². The maximum atomic E-state index is 13.4. The molecule has 35 heavy (non-hydrogen) atoms. The van der Waals surface area contributed by atoms with Crippen LogP contribution in [0.15, 0.2) is 54.6 Å². The van der Waals surface area contributed by atoms with Crippen molar-refractivity contribution in [2.45, 2.75) is 51.6 Å². The molecule has 0 amide bonds. The van der Waals surface area contributed by atoms with Gasteiger partial charge in [-0.05, 0) is 82.1 Å². The molecule has 0 aliphatic carbocycles. The second-order valence-corrected chi connectivity index (χ2v) is 9.43. The predicted molar refractivity (Wildman–Crippen MR) is 116 cm³/mol. The van der Waals surface area contributed by atoms with Crippen LogP contribution in [0.1, 0.15) is 48.6 Å². The van der Waals surface area contributed by atoms with Gasteiger partial charge >= 0.3 is 18.5 Å². The molecule has 0 spiro atoms. The zero-order chi connectivity index (χ0) is 26.6. The molecule has 0 bridgehead atoms. The fourth-order valence-electron chi connectivity index (χ4n) is 3.63. The third-order valence-electron chi connectivity index (χ3n) is 5.46. The highest BCUT2D eigenvalue weighted by atomic mass is 19.4. The molecule has 3 rings (SSSR count). The third-order valence-corrected chi connectivity index (χ3v) is 5.46. The molecule has 3 aromatic rings. The van der Waals surface area contributed by atoms with E-state index < -0.39 is 40.6 Å². The Labute approximate surface area is 196 Å². The number of alkyl halides is 9. The molecule has 0 atom stereocenters. The van der Waals surface area contributed by atoms with Crippen LogP contribution in [0.3, 0.4) is 0 Å². The summed E-state index contributed by atoms with van der Waals surface area (Å²) in [6, 6.07) is 8.96. The van der Waals surface area contributed by atoms with E-state index in [1.165, 1.54) is 25.1 Å². The van der Waals surface area contributed by atoms with E-state index in [0.717, 1.165) is 12.1 Å². The SMILES string of the molecule is Cc1cc(-c2cc(-c3cc(C(F)(F)F)cc(C(F)(F)F)c3)cc(C(C)(C)C)c2)cc(C(F)(F)F)c1. The second-order valence-electron chi connectivity index (χ2n) is 9.43. The minimum Gasteiger partial charge on any atom is -0.166 e. The van der Waals surface area contributed by atoms with Crippen LogP contribution in [-0.2, 0) is 23.9 Å². The second kappa shape index (κ2) is 8.60. The first-order valence-electron chi connectivity index (χ1n) is 10.4. The van der Waals surface area contributed by atoms with E-state index in [2.05, 4.69) is 0 Å². The number of halogens is 9. The van der Waals surface area contributed by atoms with E-state index in [1.54, 1.807) is 26.8 Å². The average Bonchev–Trinajstić information content (AvgIpc) is 2.70. The fourth-order valence-corrected chi connectivity index (χ4v) is 3.63. The van der Waals surface area contributed by atoms with Gasteiger partial charge in [0.1, 0.15) is 0 Å². The van der Waals surface area contributed by atoms with Crippen molar-refractivity contribution < 1.29 is 39.5 Å². The lowest BCUT2D eigenvalue weighted by Crippen LogP contribution is -2.12. The van der Waals surface area contributed by atoms with Crippen LogP contribution >= 0.6 is 0 Å². The van der Waals surface area contributed by atoms with Crippen LogP contribution in [0.25, 0.3) is 22.3 Å². The molecule has 0 radical (unpaired) electrons. The lowest BCUT2D eigenvalue weighted by atomic mass is 9.82. The van der Waals surface area contributed by atoms with Crippen molar-refractivity contribution in [2.75, 3.05) is 0 Å². The molecule has 9 heteroatoms. The first-order valence-corrected chi connectivity index (χ1v) is 10.4. The standard InChI is InChI=1S/C26H21F9/c1-14-5-15(10-20(6-14)24(27,28)29)16-7-17(9-19(8-16)23(2,3)4)18-11-21(25(30,31)32)13-22(12-18)26(33,34)35/h5-13H,1-4H3. The van der Waals surface area contributed by atoms with Gasteiger partial charge in [0, 0.05) is 0 Å². The summed E-state index contributed by atoms with van der Waals surface area (Å²) in [5.41, 5.74) is -3.55. The highest BCUT2D eigenvalue weighted by Gasteiger charge is 2.37. The summed E-state index contributed by atoms with van der Waals surface area (Å²) in [5.74, 6) is 0. The molecular weight excluding hydrogens is 483 g/mol. The number of hydrogen-bond donors (Lipinski definition) is 0. The average molecular weight is 504 g/mol. The molecule has 0 aliphatic heterocycles. The molecule has 0 fully saturated rings. The molecule has 0 heterocycles. The lowest BCUT2D eigenvalue weighted by Gasteiger charge is -2.23. The molecule has 0 nitrogen and oxygen atoms in total. The van der Waals surface area contributed by atoms with Crippen molar-refractivity contribution in [2.24, 2.45) is 0 Å². The van der Waals surface area contributed by atoms with Crippen molar-refractivity contribution >= 4 is 0 Å². The third kappa shape index (κ3) is 6.18. The Morgan fingerprint density at radius 2 is 0.714 bits per heavy atom. The summed E-state index contributed by atoms with van der Waals surface area (Å²) in [4.78, 5) is 0. The maximum absolute atomic E-state index is 13.4. The highest BCUT2D eigenvalue weighted by Crippen LogP contribution is 2.41. The molecule has 0 aromatic heterocycles. The topological polar surface area (TPSA) is 0 Å². The smallest absolute Gasteiger partial charge is 0.166 e. The highest BCUT2D eigenvalue weighted by molar-refractivity contribution is 5.76. The zero-order valence-corrected chi connectivity index (χ0v) is 19.1. The van der Waals surface area contributed by atoms with Crippen LogP contribution in [0.2, 0.25) is 0 Å². The van der Waals surface area contributed by atoms with Crippen molar-refractivity contribution in [1.29, 1.82) is 0 Å². The molecular formula is C26H21F9. The van der Waals surface area contributed by atoms with Crippen molar-refractivity contribution in [3.63, 3.8) is 0 Å². The summed E-state index contributed by atoms with van der Waals surface area (Å²) in [6.45, 7) is 6.80. The van der Waals surface area contributed by atoms with Crippen molar-refractivity contribution in [3.8, 4) is 22.3 Å². The van der Waals surface area contributed by atoms with Crippen molar-refractivity contribution in [3.05, 3.63) is 82.4 Å². The number of hydrogen-bond acceptors (Lipinski definition) is 0. The monoisotopic (exact) mass is 504 g/mol. The van der Waals surface area contributed by atoms with E-state index in [-0.39, 0.29) is 28.3 Å². The Balaban J connectivity index is 2.33. The molecule has 188 valence electrons. The quantitative estimate of drug-likeness (QED) is 0.305. The predicted octanol–water partition coefficient (Wildman–Crippen LogP) is 9.68. The van der Waals surface area contributed by atoms with Gasteiger partial charge in [0.05, 0.1) is 16.7 Å². The Hall–Kier alpha value is -2.97. The first kappa shape index (κ1) is 26.6. The zero-order valence-electron chi connectivity index (χ0n) is 19.1. The fraction of sp³-hybridized carbons (Fsp3) is 0.308. The largest absolute Gasteiger partial charge is 0.416 e. The Kier molecular flexibility index (Phi) is 6.55. The van der Waals surface area contributed by atoms with Gasteiger partial charge in [-0.25, -0.2) is 0 Å². The van der Waals surface area contributed by atoms with Crippen LogP contribution < -0.4 is 0 Å². The van der Waals surface area contributed by atoms with Gasteiger partial charge in [-0.1, -0.05) is 39.0 Å². The number of benzene rings is 3. The number of aryl methyl sites for hydroxylation is 1. The minimum absolute atomic E-state index is 0.0269. The van der Waals surface area contributed by atoms with E-state index in [4.69, 9.17) is 0 Å². The van der Waals surface area contributed by atoms with Crippen LogP contribution in [0.4, 0.5) is 39.5 Å². The Morgan fingerprint density at radius 3 is 1.09 bits per heavy atom. The van der Waals surface area contributed by atoms with Gasteiger partial charge in [0.2, 0.25) is 0 Å². The Morgan fingerprint density at radius 1 is 0.400 bits per heavy atom. The molecule has 0 aliphatic rings. The molecule has 0 saturated heterocycles. The lowest BCUT2D eigenvalue weighted by molar-refractivity contribution is -0.143. The summed E-state index contributed by atoms with van der Waals surface area (Å²) in [7, 11) is 0. The molecule has 0 N–H and O–H groups in total. The summed E-state index contributed by atoms with van der Waals surface area (Å²) in [5, 5.41) is 0. The van der Waals surface area contributed by atoms with E-state index in [9.17, 15) is 39.5 Å². The van der Waals surface area contributed by atoms with Gasteiger partial charge < -0.3 is 0 Å². The number of rotatable bonds is 2. The maximum Gasteiger partial charge on any atom is 0.416 e. The summed E-state index contributed by atoms with van der Waals surface area (Å²) < 4.78 is 120. The molecule has 0 unspecified atom stereocenters. The summed E-state index contributed by atoms with van der Waals surface area (Å²) >= 11 is 0. The van der Waals surface area contributed by atoms with E-state index >= 15 is 0 Å².